The molecule has 0 saturated carbocycles. The second kappa shape index (κ2) is 10.4. The topological polar surface area (TPSA) is 179 Å². The average molecular weight is 386 g/mol. The van der Waals surface area contributed by atoms with E-state index in [4.69, 9.17) is 5.73 Å². The number of carboxylic acid groups (broad SMARTS) is 1. The minimum absolute atomic E-state index is 0.0133. The number of imidazole rings is 1. The molecule has 0 radical (unpaired) electrons. The second-order valence-electron chi connectivity index (χ2n) is 5.48. The number of carbonyl (C=O) groups excluding carboxylic acids is 3. The van der Waals surface area contributed by atoms with Crippen LogP contribution in [-0.2, 0) is 25.6 Å². The monoisotopic (exact) mass is 386 g/mol. The number of nitrogens with one attached hydrogen (secondary N) is 4. The predicted molar refractivity (Wildman–Crippen MR) is 94.3 cm³/mol. The summed E-state index contributed by atoms with van der Waals surface area (Å²) in [6.45, 7) is 1.03. The first-order valence-corrected chi connectivity index (χ1v) is 8.31. The highest BCUT2D eigenvalue weighted by Gasteiger charge is 2.24. The fraction of sp³-hybridized carbons (Fsp3) is 0.500. The van der Waals surface area contributed by atoms with Crippen molar-refractivity contribution in [2.24, 2.45) is 5.73 Å². The van der Waals surface area contributed by atoms with Crippen LogP contribution < -0.4 is 21.7 Å². The van der Waals surface area contributed by atoms with Gasteiger partial charge >= 0.3 is 5.97 Å². The number of aromatic nitrogens is 2. The van der Waals surface area contributed by atoms with E-state index in [0.717, 1.165) is 0 Å². The van der Waals surface area contributed by atoms with Gasteiger partial charge in [0.1, 0.15) is 12.1 Å². The van der Waals surface area contributed by atoms with Crippen LogP contribution in [0.4, 0.5) is 0 Å². The second-order valence-corrected chi connectivity index (χ2v) is 5.84. The molecule has 3 amide bonds. The lowest BCUT2D eigenvalue weighted by atomic mass is 10.1. The number of carbonyl (C=O) groups is 4. The van der Waals surface area contributed by atoms with Gasteiger partial charge in [0, 0.05) is 24.1 Å². The largest absolute Gasteiger partial charge is 0.480 e. The van der Waals surface area contributed by atoms with Crippen molar-refractivity contribution in [1.82, 2.24) is 25.9 Å². The van der Waals surface area contributed by atoms with Crippen LogP contribution in [0.25, 0.3) is 0 Å². The Hall–Kier alpha value is -2.60. The number of hydrogen-bond donors (Lipinski definition) is 7. The Morgan fingerprint density at radius 2 is 2.00 bits per heavy atom. The van der Waals surface area contributed by atoms with Crippen molar-refractivity contribution in [1.29, 1.82) is 0 Å². The van der Waals surface area contributed by atoms with Gasteiger partial charge in [-0.2, -0.15) is 12.6 Å². The van der Waals surface area contributed by atoms with Gasteiger partial charge in [0.25, 0.3) is 0 Å². The minimum Gasteiger partial charge on any atom is -0.480 e. The zero-order valence-corrected chi connectivity index (χ0v) is 15.0. The molecule has 1 aromatic heterocycles. The summed E-state index contributed by atoms with van der Waals surface area (Å²) >= 11 is 3.87. The SMILES string of the molecule is CC(NC(=O)CNC(=O)C(N)CS)C(=O)NC(Cc1cnc[nH]1)C(=O)O. The molecule has 11 nitrogen and oxygen atoms in total. The van der Waals surface area contributed by atoms with Crippen molar-refractivity contribution in [3.63, 3.8) is 0 Å². The number of nitrogens with two attached hydrogens (primary N) is 1. The van der Waals surface area contributed by atoms with Gasteiger partial charge in [-0.15, -0.1) is 0 Å². The molecule has 12 heteroatoms. The third kappa shape index (κ3) is 7.11. The lowest BCUT2D eigenvalue weighted by molar-refractivity contribution is -0.142. The zero-order chi connectivity index (χ0) is 19.7. The molecule has 3 unspecified atom stereocenters. The van der Waals surface area contributed by atoms with E-state index in [1.165, 1.54) is 19.4 Å². The van der Waals surface area contributed by atoms with Crippen LogP contribution in [0.1, 0.15) is 12.6 Å². The molecule has 0 bridgehead atoms. The van der Waals surface area contributed by atoms with Gasteiger partial charge < -0.3 is 31.8 Å². The summed E-state index contributed by atoms with van der Waals surface area (Å²) in [5, 5.41) is 16.2. The summed E-state index contributed by atoms with van der Waals surface area (Å²) < 4.78 is 0. The van der Waals surface area contributed by atoms with Crippen molar-refractivity contribution in [2.45, 2.75) is 31.5 Å². The van der Waals surface area contributed by atoms with Crippen molar-refractivity contribution >= 4 is 36.3 Å². The molecular formula is C14H22N6O5S. The Balaban J connectivity index is 2.48. The molecule has 26 heavy (non-hydrogen) atoms. The van der Waals surface area contributed by atoms with Gasteiger partial charge in [0.05, 0.1) is 18.9 Å². The number of hydrogen-bond acceptors (Lipinski definition) is 7. The first-order chi connectivity index (χ1) is 12.2. The summed E-state index contributed by atoms with van der Waals surface area (Å²) in [7, 11) is 0. The van der Waals surface area contributed by atoms with Crippen molar-refractivity contribution in [3.05, 3.63) is 18.2 Å². The fourth-order valence-corrected chi connectivity index (χ4v) is 2.02. The first kappa shape index (κ1) is 21.4. The maximum absolute atomic E-state index is 12.1. The highest BCUT2D eigenvalue weighted by molar-refractivity contribution is 7.80. The molecular weight excluding hydrogens is 364 g/mol. The van der Waals surface area contributed by atoms with Gasteiger partial charge in [-0.1, -0.05) is 0 Å². The lowest BCUT2D eigenvalue weighted by Crippen LogP contribution is -2.53. The van der Waals surface area contributed by atoms with E-state index in [0.29, 0.717) is 5.69 Å². The van der Waals surface area contributed by atoms with Crippen LogP contribution in [0.2, 0.25) is 0 Å². The molecule has 0 spiro atoms. The van der Waals surface area contributed by atoms with Crippen LogP contribution in [-0.4, -0.2) is 69.2 Å². The van der Waals surface area contributed by atoms with Crippen LogP contribution >= 0.6 is 12.6 Å². The van der Waals surface area contributed by atoms with Gasteiger partial charge in [0.2, 0.25) is 17.7 Å². The highest BCUT2D eigenvalue weighted by Crippen LogP contribution is 1.99. The maximum Gasteiger partial charge on any atom is 0.326 e. The van der Waals surface area contributed by atoms with Crippen LogP contribution in [0.5, 0.6) is 0 Å². The molecule has 0 aliphatic carbocycles. The summed E-state index contributed by atoms with van der Waals surface area (Å²) in [5.74, 6) is -2.94. The Morgan fingerprint density at radius 3 is 2.54 bits per heavy atom. The molecule has 1 rings (SSSR count). The highest BCUT2D eigenvalue weighted by atomic mass is 32.1. The fourth-order valence-electron chi connectivity index (χ4n) is 1.85. The number of rotatable bonds is 10. The Morgan fingerprint density at radius 1 is 1.31 bits per heavy atom. The molecule has 0 fully saturated rings. The smallest absolute Gasteiger partial charge is 0.326 e. The molecule has 0 aliphatic rings. The van der Waals surface area contributed by atoms with Crippen LogP contribution in [0.3, 0.4) is 0 Å². The normalized spacial score (nSPS) is 14.0. The van der Waals surface area contributed by atoms with Gasteiger partial charge in [-0.25, -0.2) is 9.78 Å². The molecule has 7 N–H and O–H groups in total. The minimum atomic E-state index is -1.22. The standard InChI is InChI=1S/C14H22N6O5S/c1-7(19-11(21)4-17-13(23)9(15)5-26)12(22)20-10(14(24)25)2-8-3-16-6-18-8/h3,6-7,9-10,26H,2,4-5,15H2,1H3,(H,16,18)(H,17,23)(H,19,21)(H,20,22)(H,24,25). The lowest BCUT2D eigenvalue weighted by Gasteiger charge is -2.18. The third-order valence-electron chi connectivity index (χ3n) is 3.32. The molecule has 0 saturated heterocycles. The van der Waals surface area contributed by atoms with Crippen LogP contribution in [0, 0.1) is 0 Å². The Kier molecular flexibility index (Phi) is 8.58. The van der Waals surface area contributed by atoms with E-state index >= 15 is 0 Å². The van der Waals surface area contributed by atoms with Gasteiger partial charge in [0.15, 0.2) is 0 Å². The van der Waals surface area contributed by atoms with Crippen molar-refractivity contribution in [3.8, 4) is 0 Å². The van der Waals surface area contributed by atoms with Crippen molar-refractivity contribution < 1.29 is 24.3 Å². The summed E-state index contributed by atoms with van der Waals surface area (Å²) in [6, 6.07) is -3.03. The number of amides is 3. The van der Waals surface area contributed by atoms with Crippen molar-refractivity contribution in [2.75, 3.05) is 12.3 Å². The predicted octanol–water partition coefficient (Wildman–Crippen LogP) is -2.60. The summed E-state index contributed by atoms with van der Waals surface area (Å²) in [4.78, 5) is 53.1. The van der Waals surface area contributed by atoms with E-state index in [1.807, 2.05) is 0 Å². The molecule has 3 atom stereocenters. The van der Waals surface area contributed by atoms with Gasteiger partial charge in [-0.05, 0) is 6.92 Å². The number of thiol groups is 1. The zero-order valence-electron chi connectivity index (χ0n) is 14.1. The molecule has 1 heterocycles. The molecule has 0 aliphatic heterocycles. The Labute approximate surface area is 154 Å². The van der Waals surface area contributed by atoms with E-state index in [2.05, 4.69) is 38.5 Å². The summed E-state index contributed by atoms with van der Waals surface area (Å²) in [5.41, 5.74) is 5.98. The van der Waals surface area contributed by atoms with Crippen LogP contribution in [0.15, 0.2) is 12.5 Å². The average Bonchev–Trinajstić information content (AvgIpc) is 3.11. The van der Waals surface area contributed by atoms with E-state index in [-0.39, 0.29) is 18.7 Å². The molecule has 1 aromatic rings. The molecule has 144 valence electrons. The summed E-state index contributed by atoms with van der Waals surface area (Å²) in [6.07, 6.45) is 2.86. The Bertz CT molecular complexity index is 638. The van der Waals surface area contributed by atoms with Gasteiger partial charge in [-0.3, -0.25) is 14.4 Å². The number of aromatic amines is 1. The third-order valence-corrected chi connectivity index (χ3v) is 3.71. The number of aliphatic carboxylic acids is 1. The maximum atomic E-state index is 12.1. The number of H-pyrrole nitrogens is 1. The number of nitrogens with zero attached hydrogens (tertiary/aromatic N) is 1. The van der Waals surface area contributed by atoms with E-state index in [1.54, 1.807) is 0 Å². The van der Waals surface area contributed by atoms with E-state index < -0.39 is 41.8 Å². The first-order valence-electron chi connectivity index (χ1n) is 7.68. The van der Waals surface area contributed by atoms with E-state index in [9.17, 15) is 24.3 Å². The molecule has 0 aromatic carbocycles. The quantitative estimate of drug-likeness (QED) is 0.215. The number of carboxylic acids is 1.